The zero-order chi connectivity index (χ0) is 33.6. The van der Waals surface area contributed by atoms with E-state index in [1.54, 1.807) is 24.3 Å². The molecule has 2 atom stereocenters. The predicted molar refractivity (Wildman–Crippen MR) is 179 cm³/mol. The molecule has 1 aromatic heterocycles. The van der Waals surface area contributed by atoms with Crippen LogP contribution < -0.4 is 26.9 Å². The summed E-state index contributed by atoms with van der Waals surface area (Å²) in [6.07, 6.45) is 2.16. The molecule has 0 saturated carbocycles. The van der Waals surface area contributed by atoms with Gasteiger partial charge in [0.25, 0.3) is 5.91 Å². The molecule has 1 aliphatic rings. The smallest absolute Gasteiger partial charge is 0.432 e. The number of aromatic nitrogens is 3. The Balaban J connectivity index is 1.33. The largest absolute Gasteiger partial charge is 0.535 e. The van der Waals surface area contributed by atoms with Crippen molar-refractivity contribution >= 4 is 29.0 Å². The molecule has 1 heterocycles. The molecule has 0 radical (unpaired) electrons. The minimum absolute atomic E-state index is 0.00699. The van der Waals surface area contributed by atoms with Gasteiger partial charge in [0, 0.05) is 42.6 Å². The van der Waals surface area contributed by atoms with Gasteiger partial charge in [-0.15, -0.1) is 5.10 Å². The summed E-state index contributed by atoms with van der Waals surface area (Å²) < 4.78 is 5.64. The molecule has 0 saturated heterocycles. The van der Waals surface area contributed by atoms with E-state index in [1.807, 2.05) is 51.1 Å². The van der Waals surface area contributed by atoms with Crippen LogP contribution in [0.5, 0.6) is 0 Å². The first-order chi connectivity index (χ1) is 22.5. The molecule has 0 aliphatic heterocycles. The van der Waals surface area contributed by atoms with Crippen LogP contribution in [0.15, 0.2) is 60.7 Å². The zero-order valence-electron chi connectivity index (χ0n) is 27.1. The maximum absolute atomic E-state index is 13.3. The summed E-state index contributed by atoms with van der Waals surface area (Å²) in [7, 11) is 0. The first-order valence-electron chi connectivity index (χ1n) is 16.0. The van der Waals surface area contributed by atoms with Crippen LogP contribution >= 0.6 is 0 Å². The van der Waals surface area contributed by atoms with Crippen LogP contribution in [0.25, 0.3) is 22.2 Å². The van der Waals surface area contributed by atoms with Crippen molar-refractivity contribution < 1.29 is 24.0 Å². The second-order valence-electron chi connectivity index (χ2n) is 12.8. The number of fused-ring (bicyclic) bond motifs is 4. The van der Waals surface area contributed by atoms with Crippen molar-refractivity contribution in [1.82, 2.24) is 25.8 Å². The average molecular weight is 642 g/mol. The van der Waals surface area contributed by atoms with Gasteiger partial charge in [0.05, 0.1) is 0 Å². The molecule has 12 nitrogen and oxygen atoms in total. The number of ether oxygens (including phenoxy) is 1. The zero-order valence-corrected chi connectivity index (χ0v) is 27.1. The van der Waals surface area contributed by atoms with Gasteiger partial charge in [-0.1, -0.05) is 47.3 Å². The summed E-state index contributed by atoms with van der Waals surface area (Å²) >= 11 is 0. The number of hydrogen-bond donors (Lipinski definition) is 4. The Morgan fingerprint density at radius 2 is 1.83 bits per heavy atom. The summed E-state index contributed by atoms with van der Waals surface area (Å²) in [5, 5.41) is 13.8. The SMILES string of the molecule is CC(N)CCNC(=O)c1cccc2c1-c1ccc(CCCC(=O)NCCC(C)(C)N)cc1C2COC(=O)On1nnc2ccccc21. The molecular weight excluding hydrogens is 598 g/mol. The fourth-order valence-electron chi connectivity index (χ4n) is 5.72. The topological polar surface area (TPSA) is 176 Å². The quantitative estimate of drug-likeness (QED) is 0.118. The highest BCUT2D eigenvalue weighted by molar-refractivity contribution is 6.03. The number of rotatable bonds is 14. The Bertz CT molecular complexity index is 1740. The number of hydrogen-bond acceptors (Lipinski definition) is 9. The summed E-state index contributed by atoms with van der Waals surface area (Å²) in [6, 6.07) is 18.8. The van der Waals surface area contributed by atoms with Crippen molar-refractivity contribution in [3.8, 4) is 11.1 Å². The molecule has 4 aromatic rings. The summed E-state index contributed by atoms with van der Waals surface area (Å²) in [6.45, 7) is 6.74. The lowest BCUT2D eigenvalue weighted by Gasteiger charge is -2.18. The summed E-state index contributed by atoms with van der Waals surface area (Å²) in [4.78, 5) is 44.9. The summed E-state index contributed by atoms with van der Waals surface area (Å²) in [5.41, 5.74) is 17.8. The van der Waals surface area contributed by atoms with Crippen molar-refractivity contribution in [2.24, 2.45) is 11.5 Å². The van der Waals surface area contributed by atoms with Gasteiger partial charge < -0.3 is 26.8 Å². The predicted octanol–water partition coefficient (Wildman–Crippen LogP) is 3.84. The Morgan fingerprint density at radius 3 is 2.62 bits per heavy atom. The van der Waals surface area contributed by atoms with E-state index in [0.717, 1.165) is 32.7 Å². The fraction of sp³-hybridized carbons (Fsp3) is 0.400. The van der Waals surface area contributed by atoms with Gasteiger partial charge in [0.2, 0.25) is 5.91 Å². The lowest BCUT2D eigenvalue weighted by Crippen LogP contribution is -2.37. The number of nitrogens with two attached hydrogens (primary N) is 2. The van der Waals surface area contributed by atoms with E-state index < -0.39 is 6.16 Å². The molecule has 6 N–H and O–H groups in total. The van der Waals surface area contributed by atoms with Crippen molar-refractivity contribution in [3.05, 3.63) is 82.9 Å². The standard InChI is InChI=1S/C35H43N7O5/c1-22(36)16-18-39-33(44)26-10-7-9-24-28(21-46-34(45)47-42-30-12-5-4-11-29(30)40-41-42)27-20-23(14-15-25(27)32(24)26)8-6-13-31(43)38-19-17-35(2,3)37/h4-5,7,9-12,14-15,20,22,28H,6,8,13,16-19,21,36-37H2,1-3H3,(H,38,43)(H,39,44). The third-order valence-electron chi connectivity index (χ3n) is 8.17. The molecule has 248 valence electrons. The third-order valence-corrected chi connectivity index (χ3v) is 8.17. The van der Waals surface area contributed by atoms with E-state index >= 15 is 0 Å². The van der Waals surface area contributed by atoms with Crippen molar-refractivity contribution in [1.29, 1.82) is 0 Å². The van der Waals surface area contributed by atoms with Gasteiger partial charge >= 0.3 is 6.16 Å². The van der Waals surface area contributed by atoms with Crippen LogP contribution in [-0.2, 0) is 16.0 Å². The van der Waals surface area contributed by atoms with Crippen LogP contribution in [0.3, 0.4) is 0 Å². The number of nitrogens with one attached hydrogen (secondary N) is 2. The third kappa shape index (κ3) is 8.52. The molecule has 2 unspecified atom stereocenters. The van der Waals surface area contributed by atoms with Gasteiger partial charge in [-0.2, -0.15) is 0 Å². The molecule has 47 heavy (non-hydrogen) atoms. The lowest BCUT2D eigenvalue weighted by atomic mass is 9.95. The number of para-hydroxylation sites is 1. The number of carbonyl (C=O) groups excluding carboxylic acids is 3. The molecule has 2 amide bonds. The Hall–Kier alpha value is -4.81. The number of carbonyl (C=O) groups is 3. The van der Waals surface area contributed by atoms with Crippen molar-refractivity contribution in [2.45, 2.75) is 70.4 Å². The van der Waals surface area contributed by atoms with Crippen LogP contribution in [0.4, 0.5) is 4.79 Å². The maximum Gasteiger partial charge on any atom is 0.535 e. The first-order valence-corrected chi connectivity index (χ1v) is 16.0. The normalized spacial score (nSPS) is 14.3. The molecular formula is C35H43N7O5. The van der Waals surface area contributed by atoms with E-state index in [1.165, 1.54) is 0 Å². The van der Waals surface area contributed by atoms with E-state index in [9.17, 15) is 14.4 Å². The van der Waals surface area contributed by atoms with Gasteiger partial charge in [-0.05, 0) is 97.7 Å². The number of nitrogens with zero attached hydrogens (tertiary/aromatic N) is 3. The molecule has 5 rings (SSSR count). The second kappa shape index (κ2) is 14.7. The molecule has 0 spiro atoms. The van der Waals surface area contributed by atoms with E-state index in [0.29, 0.717) is 61.8 Å². The summed E-state index contributed by atoms with van der Waals surface area (Å²) in [5.74, 6) is -0.548. The molecule has 1 aliphatic carbocycles. The highest BCUT2D eigenvalue weighted by atomic mass is 16.8. The van der Waals surface area contributed by atoms with Crippen LogP contribution in [-0.4, -0.2) is 64.4 Å². The van der Waals surface area contributed by atoms with Crippen molar-refractivity contribution in [2.75, 3.05) is 19.7 Å². The van der Waals surface area contributed by atoms with Crippen LogP contribution in [0, 0.1) is 0 Å². The maximum atomic E-state index is 13.3. The van der Waals surface area contributed by atoms with Crippen molar-refractivity contribution in [3.63, 3.8) is 0 Å². The monoisotopic (exact) mass is 641 g/mol. The second-order valence-corrected chi connectivity index (χ2v) is 12.8. The van der Waals surface area contributed by atoms with Crippen LogP contribution in [0.2, 0.25) is 0 Å². The number of benzene rings is 3. The van der Waals surface area contributed by atoms with Gasteiger partial charge in [0.15, 0.2) is 0 Å². The molecule has 0 fully saturated rings. The number of amides is 2. The van der Waals surface area contributed by atoms with E-state index in [2.05, 4.69) is 27.0 Å². The van der Waals surface area contributed by atoms with Gasteiger partial charge in [0.1, 0.15) is 17.6 Å². The highest BCUT2D eigenvalue weighted by Gasteiger charge is 2.33. The van der Waals surface area contributed by atoms with Gasteiger partial charge in [-0.25, -0.2) is 4.79 Å². The Morgan fingerprint density at radius 1 is 1.02 bits per heavy atom. The molecule has 12 heteroatoms. The van der Waals surface area contributed by atoms with Crippen LogP contribution in [0.1, 0.15) is 79.4 Å². The minimum atomic E-state index is -0.930. The average Bonchev–Trinajstić information content (AvgIpc) is 3.57. The fourth-order valence-corrected chi connectivity index (χ4v) is 5.72. The minimum Gasteiger partial charge on any atom is -0.432 e. The Kier molecular flexibility index (Phi) is 10.5. The van der Waals surface area contributed by atoms with E-state index in [-0.39, 0.29) is 35.9 Å². The first kappa shape index (κ1) is 33.6. The molecule has 0 bridgehead atoms. The highest BCUT2D eigenvalue weighted by Crippen LogP contribution is 2.47. The van der Waals surface area contributed by atoms with E-state index in [4.69, 9.17) is 21.0 Å². The number of aryl methyl sites for hydroxylation is 1. The Labute approximate surface area is 274 Å². The lowest BCUT2D eigenvalue weighted by molar-refractivity contribution is -0.121. The van der Waals surface area contributed by atoms with Gasteiger partial charge in [-0.3, -0.25) is 14.4 Å². The molecule has 3 aromatic carbocycles.